The van der Waals surface area contributed by atoms with Crippen molar-refractivity contribution >= 4 is 15.9 Å². The standard InChI is InChI=1S/C14H20BrN5O/c1-5-20-12(14(15)9(2)19-20)6-10(16-3)11-7-13(21-4)18-8-17-11/h7-8,10,16H,5-6H2,1-4H3. The molecule has 0 spiro atoms. The minimum atomic E-state index is 0.0691. The highest BCUT2D eigenvalue weighted by Crippen LogP contribution is 2.26. The van der Waals surface area contributed by atoms with E-state index >= 15 is 0 Å². The third kappa shape index (κ3) is 3.41. The number of halogens is 1. The van der Waals surface area contributed by atoms with Crippen LogP contribution in [0.15, 0.2) is 16.9 Å². The Kier molecular flexibility index (Phi) is 5.30. The minimum absolute atomic E-state index is 0.0691. The Hall–Kier alpha value is -1.47. The number of hydrogen-bond acceptors (Lipinski definition) is 5. The van der Waals surface area contributed by atoms with Crippen LogP contribution in [-0.2, 0) is 13.0 Å². The summed E-state index contributed by atoms with van der Waals surface area (Å²) in [6, 6.07) is 1.92. The fraction of sp³-hybridized carbons (Fsp3) is 0.500. The number of aromatic nitrogens is 4. The Morgan fingerprint density at radius 3 is 2.81 bits per heavy atom. The molecule has 0 fully saturated rings. The summed E-state index contributed by atoms with van der Waals surface area (Å²) in [6.07, 6.45) is 2.31. The molecule has 0 bridgehead atoms. The third-order valence-corrected chi connectivity index (χ3v) is 4.46. The summed E-state index contributed by atoms with van der Waals surface area (Å²) in [7, 11) is 3.53. The van der Waals surface area contributed by atoms with E-state index in [-0.39, 0.29) is 6.04 Å². The SMILES string of the molecule is CCn1nc(C)c(Br)c1CC(NC)c1cc(OC)ncn1. The lowest BCUT2D eigenvalue weighted by Gasteiger charge is -2.17. The normalized spacial score (nSPS) is 12.4. The van der Waals surface area contributed by atoms with E-state index in [0.29, 0.717) is 5.88 Å². The lowest BCUT2D eigenvalue weighted by Crippen LogP contribution is -2.22. The molecule has 0 aliphatic heterocycles. The highest BCUT2D eigenvalue weighted by atomic mass is 79.9. The molecule has 0 saturated heterocycles. The van der Waals surface area contributed by atoms with Gasteiger partial charge in [0, 0.05) is 19.0 Å². The molecule has 21 heavy (non-hydrogen) atoms. The Bertz CT molecular complexity index is 613. The van der Waals surface area contributed by atoms with Crippen molar-refractivity contribution in [1.82, 2.24) is 25.1 Å². The summed E-state index contributed by atoms with van der Waals surface area (Å²) in [5.74, 6) is 0.569. The van der Waals surface area contributed by atoms with Crippen LogP contribution in [0.4, 0.5) is 0 Å². The van der Waals surface area contributed by atoms with E-state index in [1.165, 1.54) is 6.33 Å². The van der Waals surface area contributed by atoms with E-state index in [1.807, 2.05) is 24.7 Å². The molecule has 0 aliphatic rings. The van der Waals surface area contributed by atoms with Gasteiger partial charge in [0.05, 0.1) is 34.7 Å². The predicted molar refractivity (Wildman–Crippen MR) is 84.4 cm³/mol. The number of nitrogens with zero attached hydrogens (tertiary/aromatic N) is 4. The van der Waals surface area contributed by atoms with Gasteiger partial charge in [0.1, 0.15) is 6.33 Å². The minimum Gasteiger partial charge on any atom is -0.481 e. The van der Waals surface area contributed by atoms with Gasteiger partial charge in [-0.3, -0.25) is 4.68 Å². The molecule has 2 aromatic rings. The number of hydrogen-bond donors (Lipinski definition) is 1. The summed E-state index contributed by atoms with van der Waals surface area (Å²) in [4.78, 5) is 8.40. The average molecular weight is 354 g/mol. The van der Waals surface area contributed by atoms with Crippen molar-refractivity contribution in [2.24, 2.45) is 0 Å². The van der Waals surface area contributed by atoms with Crippen molar-refractivity contribution < 1.29 is 4.74 Å². The Morgan fingerprint density at radius 1 is 1.43 bits per heavy atom. The molecule has 7 heteroatoms. The van der Waals surface area contributed by atoms with Crippen LogP contribution in [0.25, 0.3) is 0 Å². The molecule has 0 aliphatic carbocycles. The van der Waals surface area contributed by atoms with Crippen molar-refractivity contribution in [1.29, 1.82) is 0 Å². The van der Waals surface area contributed by atoms with E-state index in [1.54, 1.807) is 7.11 Å². The van der Waals surface area contributed by atoms with Gasteiger partial charge in [-0.25, -0.2) is 9.97 Å². The molecule has 1 unspecified atom stereocenters. The van der Waals surface area contributed by atoms with Crippen LogP contribution < -0.4 is 10.1 Å². The molecule has 2 aromatic heterocycles. The van der Waals surface area contributed by atoms with Gasteiger partial charge < -0.3 is 10.1 Å². The van der Waals surface area contributed by atoms with Gasteiger partial charge in [-0.1, -0.05) is 0 Å². The molecular formula is C14H20BrN5O. The van der Waals surface area contributed by atoms with E-state index in [0.717, 1.165) is 34.5 Å². The second-order valence-corrected chi connectivity index (χ2v) is 5.49. The van der Waals surface area contributed by atoms with Crippen LogP contribution in [0.5, 0.6) is 5.88 Å². The first-order valence-electron chi connectivity index (χ1n) is 6.85. The maximum Gasteiger partial charge on any atom is 0.216 e. The molecule has 0 radical (unpaired) electrons. The number of rotatable bonds is 6. The van der Waals surface area contributed by atoms with Gasteiger partial charge >= 0.3 is 0 Å². The zero-order chi connectivity index (χ0) is 15.4. The molecule has 114 valence electrons. The summed E-state index contributed by atoms with van der Waals surface area (Å²) < 4.78 is 8.24. The second-order valence-electron chi connectivity index (χ2n) is 4.69. The molecule has 1 atom stereocenters. The van der Waals surface area contributed by atoms with Crippen molar-refractivity contribution in [3.05, 3.63) is 33.9 Å². The molecule has 0 amide bonds. The number of ether oxygens (including phenoxy) is 1. The van der Waals surface area contributed by atoms with Gasteiger partial charge in [-0.05, 0) is 36.8 Å². The van der Waals surface area contributed by atoms with Gasteiger partial charge in [0.2, 0.25) is 5.88 Å². The topological polar surface area (TPSA) is 64.9 Å². The number of nitrogens with one attached hydrogen (secondary N) is 1. The van der Waals surface area contributed by atoms with E-state index in [4.69, 9.17) is 4.74 Å². The fourth-order valence-electron chi connectivity index (χ4n) is 2.27. The van der Waals surface area contributed by atoms with Crippen molar-refractivity contribution in [2.75, 3.05) is 14.2 Å². The third-order valence-electron chi connectivity index (χ3n) is 3.43. The Balaban J connectivity index is 2.30. The van der Waals surface area contributed by atoms with Crippen molar-refractivity contribution in [3.8, 4) is 5.88 Å². The van der Waals surface area contributed by atoms with E-state index in [9.17, 15) is 0 Å². The quantitative estimate of drug-likeness (QED) is 0.862. The fourth-order valence-corrected chi connectivity index (χ4v) is 2.71. The first-order chi connectivity index (χ1) is 10.1. The smallest absolute Gasteiger partial charge is 0.216 e. The highest BCUT2D eigenvalue weighted by Gasteiger charge is 2.19. The van der Waals surface area contributed by atoms with Crippen molar-refractivity contribution in [2.45, 2.75) is 32.9 Å². The molecule has 0 aromatic carbocycles. The first-order valence-corrected chi connectivity index (χ1v) is 7.65. The monoisotopic (exact) mass is 353 g/mol. The van der Waals surface area contributed by atoms with E-state index < -0.39 is 0 Å². The Labute approximate surface area is 133 Å². The maximum atomic E-state index is 5.17. The lowest BCUT2D eigenvalue weighted by atomic mass is 10.1. The van der Waals surface area contributed by atoms with Crippen LogP contribution in [0, 0.1) is 6.92 Å². The molecular weight excluding hydrogens is 334 g/mol. The van der Waals surface area contributed by atoms with Crippen LogP contribution in [-0.4, -0.2) is 33.9 Å². The molecule has 1 N–H and O–H groups in total. The summed E-state index contributed by atoms with van der Waals surface area (Å²) in [5, 5.41) is 7.83. The highest BCUT2D eigenvalue weighted by molar-refractivity contribution is 9.10. The zero-order valence-electron chi connectivity index (χ0n) is 12.7. The predicted octanol–water partition coefficient (Wildman–Crippen LogP) is 2.28. The second kappa shape index (κ2) is 7.00. The van der Waals surface area contributed by atoms with Crippen LogP contribution in [0.3, 0.4) is 0 Å². The zero-order valence-corrected chi connectivity index (χ0v) is 14.3. The molecule has 2 rings (SSSR count). The van der Waals surface area contributed by atoms with Gasteiger partial charge in [0.15, 0.2) is 0 Å². The van der Waals surface area contributed by atoms with Crippen LogP contribution in [0.2, 0.25) is 0 Å². The average Bonchev–Trinajstić information content (AvgIpc) is 2.79. The van der Waals surface area contributed by atoms with Crippen molar-refractivity contribution in [3.63, 3.8) is 0 Å². The van der Waals surface area contributed by atoms with Crippen LogP contribution in [0.1, 0.15) is 30.0 Å². The van der Waals surface area contributed by atoms with Gasteiger partial charge in [-0.2, -0.15) is 5.10 Å². The van der Waals surface area contributed by atoms with E-state index in [2.05, 4.69) is 43.2 Å². The maximum absolute atomic E-state index is 5.17. The summed E-state index contributed by atoms with van der Waals surface area (Å²) in [6.45, 7) is 4.93. The summed E-state index contributed by atoms with van der Waals surface area (Å²) >= 11 is 3.63. The van der Waals surface area contributed by atoms with Gasteiger partial charge in [-0.15, -0.1) is 0 Å². The number of methoxy groups -OCH3 is 1. The van der Waals surface area contributed by atoms with Gasteiger partial charge in [0.25, 0.3) is 0 Å². The Morgan fingerprint density at radius 2 is 2.19 bits per heavy atom. The largest absolute Gasteiger partial charge is 0.481 e. The number of likely N-dealkylation sites (N-methyl/N-ethyl adjacent to an activating group) is 1. The number of aryl methyl sites for hydroxylation is 2. The molecule has 6 nitrogen and oxygen atoms in total. The lowest BCUT2D eigenvalue weighted by molar-refractivity contribution is 0.394. The molecule has 2 heterocycles. The van der Waals surface area contributed by atoms with Crippen LogP contribution >= 0.6 is 15.9 Å². The molecule has 0 saturated carbocycles. The summed E-state index contributed by atoms with van der Waals surface area (Å²) in [5.41, 5.74) is 3.06. The first kappa shape index (κ1) is 15.9.